The zero-order valence-corrected chi connectivity index (χ0v) is 10.8. The van der Waals surface area contributed by atoms with E-state index in [-0.39, 0.29) is 0 Å². The summed E-state index contributed by atoms with van der Waals surface area (Å²) in [4.78, 5) is 5.54. The number of aromatic nitrogens is 1. The third-order valence-corrected chi connectivity index (χ3v) is 4.27. The van der Waals surface area contributed by atoms with E-state index in [1.807, 2.05) is 23.0 Å². The van der Waals surface area contributed by atoms with E-state index in [1.165, 1.54) is 4.88 Å². The SMILES string of the molecule is CCC(NCc1sccc1N)c1nccs1. The summed E-state index contributed by atoms with van der Waals surface area (Å²) in [5.74, 6) is 0. The van der Waals surface area contributed by atoms with Crippen molar-refractivity contribution in [2.45, 2.75) is 25.9 Å². The van der Waals surface area contributed by atoms with Gasteiger partial charge in [-0.3, -0.25) is 0 Å². The zero-order valence-electron chi connectivity index (χ0n) is 9.14. The van der Waals surface area contributed by atoms with Gasteiger partial charge in [-0.15, -0.1) is 22.7 Å². The minimum atomic E-state index is 0.335. The summed E-state index contributed by atoms with van der Waals surface area (Å²) in [5.41, 5.74) is 6.73. The standard InChI is InChI=1S/C11H15N3S2/c1-2-9(11-13-4-6-16-11)14-7-10-8(12)3-5-15-10/h3-6,9,14H,2,7,12H2,1H3. The first-order valence-electron chi connectivity index (χ1n) is 5.26. The van der Waals surface area contributed by atoms with E-state index < -0.39 is 0 Å². The van der Waals surface area contributed by atoms with Crippen molar-refractivity contribution < 1.29 is 0 Å². The number of nitrogens with zero attached hydrogens (tertiary/aromatic N) is 1. The van der Waals surface area contributed by atoms with Crippen LogP contribution in [0.15, 0.2) is 23.0 Å². The third-order valence-electron chi connectivity index (χ3n) is 2.45. The molecule has 2 aromatic rings. The van der Waals surface area contributed by atoms with Crippen molar-refractivity contribution in [3.8, 4) is 0 Å². The molecular formula is C11H15N3S2. The second-order valence-corrected chi connectivity index (χ2v) is 5.44. The Bertz CT molecular complexity index is 422. The Morgan fingerprint density at radius 3 is 2.88 bits per heavy atom. The van der Waals surface area contributed by atoms with Crippen molar-refractivity contribution in [1.29, 1.82) is 0 Å². The van der Waals surface area contributed by atoms with Crippen molar-refractivity contribution >= 4 is 28.4 Å². The monoisotopic (exact) mass is 253 g/mol. The molecule has 0 saturated carbocycles. The van der Waals surface area contributed by atoms with Crippen LogP contribution in [0.3, 0.4) is 0 Å². The molecule has 0 aliphatic carbocycles. The van der Waals surface area contributed by atoms with Crippen LogP contribution in [0.2, 0.25) is 0 Å². The molecular weight excluding hydrogens is 238 g/mol. The minimum Gasteiger partial charge on any atom is -0.398 e. The second kappa shape index (κ2) is 5.43. The molecule has 86 valence electrons. The topological polar surface area (TPSA) is 50.9 Å². The van der Waals surface area contributed by atoms with Gasteiger partial charge in [0, 0.05) is 28.7 Å². The summed E-state index contributed by atoms with van der Waals surface area (Å²) in [6.07, 6.45) is 2.89. The molecule has 0 saturated heterocycles. The molecule has 16 heavy (non-hydrogen) atoms. The molecule has 2 heterocycles. The Morgan fingerprint density at radius 2 is 2.31 bits per heavy atom. The maximum atomic E-state index is 5.84. The van der Waals surface area contributed by atoms with E-state index >= 15 is 0 Å². The Hall–Kier alpha value is -0.910. The lowest BCUT2D eigenvalue weighted by Gasteiger charge is -2.13. The van der Waals surface area contributed by atoms with Crippen molar-refractivity contribution in [3.05, 3.63) is 32.9 Å². The molecule has 2 aromatic heterocycles. The van der Waals surface area contributed by atoms with Gasteiger partial charge in [-0.2, -0.15) is 0 Å². The number of hydrogen-bond acceptors (Lipinski definition) is 5. The number of thiazole rings is 1. The van der Waals surface area contributed by atoms with Crippen LogP contribution in [-0.2, 0) is 6.54 Å². The molecule has 0 spiro atoms. The number of nitrogens with two attached hydrogens (primary N) is 1. The van der Waals surface area contributed by atoms with Crippen molar-refractivity contribution in [2.75, 3.05) is 5.73 Å². The average molecular weight is 253 g/mol. The van der Waals surface area contributed by atoms with Gasteiger partial charge >= 0.3 is 0 Å². The smallest absolute Gasteiger partial charge is 0.109 e. The average Bonchev–Trinajstić information content (AvgIpc) is 2.92. The molecule has 0 aromatic carbocycles. The molecule has 1 atom stereocenters. The highest BCUT2D eigenvalue weighted by molar-refractivity contribution is 7.10. The van der Waals surface area contributed by atoms with Gasteiger partial charge in [0.1, 0.15) is 5.01 Å². The van der Waals surface area contributed by atoms with Gasteiger partial charge in [0.15, 0.2) is 0 Å². The molecule has 0 bridgehead atoms. The molecule has 0 aliphatic rings. The number of rotatable bonds is 5. The highest BCUT2D eigenvalue weighted by atomic mass is 32.1. The summed E-state index contributed by atoms with van der Waals surface area (Å²) in [6, 6.07) is 2.29. The third kappa shape index (κ3) is 2.61. The number of thiophene rings is 1. The molecule has 3 N–H and O–H groups in total. The first-order valence-corrected chi connectivity index (χ1v) is 7.01. The molecule has 5 heteroatoms. The van der Waals surface area contributed by atoms with Crippen LogP contribution in [-0.4, -0.2) is 4.98 Å². The Morgan fingerprint density at radius 1 is 1.44 bits per heavy atom. The first kappa shape index (κ1) is 11.6. The van der Waals surface area contributed by atoms with Crippen LogP contribution in [0.4, 0.5) is 5.69 Å². The molecule has 0 amide bonds. The number of nitrogens with one attached hydrogen (secondary N) is 1. The highest BCUT2D eigenvalue weighted by Gasteiger charge is 2.11. The lowest BCUT2D eigenvalue weighted by molar-refractivity contribution is 0.520. The Balaban J connectivity index is 1.96. The maximum absolute atomic E-state index is 5.84. The molecule has 1 unspecified atom stereocenters. The van der Waals surface area contributed by atoms with Gasteiger partial charge < -0.3 is 11.1 Å². The van der Waals surface area contributed by atoms with Gasteiger partial charge in [0.2, 0.25) is 0 Å². The summed E-state index contributed by atoms with van der Waals surface area (Å²) < 4.78 is 0. The number of hydrogen-bond donors (Lipinski definition) is 2. The van der Waals surface area contributed by atoms with Crippen molar-refractivity contribution in [3.63, 3.8) is 0 Å². The van der Waals surface area contributed by atoms with Crippen LogP contribution >= 0.6 is 22.7 Å². The van der Waals surface area contributed by atoms with Crippen molar-refractivity contribution in [1.82, 2.24) is 10.3 Å². The predicted octanol–water partition coefficient (Wildman–Crippen LogP) is 3.03. The quantitative estimate of drug-likeness (QED) is 0.861. The number of anilines is 1. The Kier molecular flexibility index (Phi) is 3.93. The van der Waals surface area contributed by atoms with E-state index in [0.29, 0.717) is 6.04 Å². The van der Waals surface area contributed by atoms with Crippen LogP contribution in [0.25, 0.3) is 0 Å². The van der Waals surface area contributed by atoms with Crippen LogP contribution in [0, 0.1) is 0 Å². The first-order chi connectivity index (χ1) is 7.81. The maximum Gasteiger partial charge on any atom is 0.109 e. The summed E-state index contributed by atoms with van der Waals surface area (Å²) in [6.45, 7) is 2.98. The van der Waals surface area contributed by atoms with Crippen LogP contribution in [0.5, 0.6) is 0 Å². The molecule has 0 aliphatic heterocycles. The predicted molar refractivity (Wildman–Crippen MR) is 70.7 cm³/mol. The van der Waals surface area contributed by atoms with Gasteiger partial charge in [-0.25, -0.2) is 4.98 Å². The Labute approximate surface area is 103 Å². The fourth-order valence-electron chi connectivity index (χ4n) is 1.52. The minimum absolute atomic E-state index is 0.335. The second-order valence-electron chi connectivity index (χ2n) is 3.51. The van der Waals surface area contributed by atoms with E-state index in [1.54, 1.807) is 22.7 Å². The molecule has 0 radical (unpaired) electrons. The normalized spacial score (nSPS) is 12.8. The molecule has 3 nitrogen and oxygen atoms in total. The fourth-order valence-corrected chi connectivity index (χ4v) is 3.07. The van der Waals surface area contributed by atoms with Gasteiger partial charge in [0.05, 0.1) is 6.04 Å². The highest BCUT2D eigenvalue weighted by Crippen LogP contribution is 2.22. The fraction of sp³-hybridized carbons (Fsp3) is 0.364. The largest absolute Gasteiger partial charge is 0.398 e. The number of nitrogen functional groups attached to an aromatic ring is 1. The van der Waals surface area contributed by atoms with E-state index in [4.69, 9.17) is 5.73 Å². The lowest BCUT2D eigenvalue weighted by atomic mass is 10.2. The molecule has 0 fully saturated rings. The van der Waals surface area contributed by atoms with Gasteiger partial charge in [-0.1, -0.05) is 6.92 Å². The summed E-state index contributed by atoms with van der Waals surface area (Å²) in [7, 11) is 0. The van der Waals surface area contributed by atoms with Gasteiger partial charge in [0.25, 0.3) is 0 Å². The molecule has 2 rings (SSSR count). The van der Waals surface area contributed by atoms with Crippen LogP contribution in [0.1, 0.15) is 29.3 Å². The van der Waals surface area contributed by atoms with Crippen molar-refractivity contribution in [2.24, 2.45) is 0 Å². The van der Waals surface area contributed by atoms with E-state index in [9.17, 15) is 0 Å². The van der Waals surface area contributed by atoms with Crippen LogP contribution < -0.4 is 11.1 Å². The summed E-state index contributed by atoms with van der Waals surface area (Å²) >= 11 is 3.39. The lowest BCUT2D eigenvalue weighted by Crippen LogP contribution is -2.20. The van der Waals surface area contributed by atoms with E-state index in [2.05, 4.69) is 17.2 Å². The zero-order chi connectivity index (χ0) is 11.4. The summed E-state index contributed by atoms with van der Waals surface area (Å²) in [5, 5.41) is 8.68. The van der Waals surface area contributed by atoms with E-state index in [0.717, 1.165) is 23.7 Å². The van der Waals surface area contributed by atoms with Gasteiger partial charge in [-0.05, 0) is 17.9 Å².